The third-order valence-corrected chi connectivity index (χ3v) is 2.32. The highest BCUT2D eigenvalue weighted by molar-refractivity contribution is 9.08. The second-order valence-corrected chi connectivity index (χ2v) is 3.11. The van der Waals surface area contributed by atoms with Crippen molar-refractivity contribution in [1.82, 2.24) is 0 Å². The summed E-state index contributed by atoms with van der Waals surface area (Å²) in [6.45, 7) is 0. The van der Waals surface area contributed by atoms with Crippen LogP contribution in [0.5, 0.6) is 0 Å². The van der Waals surface area contributed by atoms with Gasteiger partial charge in [-0.3, -0.25) is 0 Å². The largest absolute Gasteiger partial charge is 0.465 e. The van der Waals surface area contributed by atoms with Crippen molar-refractivity contribution < 1.29 is 9.53 Å². The molecular formula is C9H8BBrO2. The van der Waals surface area contributed by atoms with Crippen molar-refractivity contribution >= 4 is 35.2 Å². The molecule has 0 N–H and O–H groups in total. The van der Waals surface area contributed by atoms with E-state index in [2.05, 4.69) is 20.7 Å². The van der Waals surface area contributed by atoms with Crippen LogP contribution < -0.4 is 5.46 Å². The molecule has 0 bridgehead atoms. The molecule has 0 spiro atoms. The molecule has 0 heterocycles. The minimum atomic E-state index is -0.403. The van der Waals surface area contributed by atoms with Gasteiger partial charge in [0.2, 0.25) is 0 Å². The van der Waals surface area contributed by atoms with Crippen molar-refractivity contribution in [3.05, 3.63) is 29.3 Å². The molecule has 0 fully saturated rings. The van der Waals surface area contributed by atoms with Crippen LogP contribution in [0.1, 0.15) is 15.9 Å². The fraction of sp³-hybridized carbons (Fsp3) is 0.222. The molecule has 0 unspecified atom stereocenters. The van der Waals surface area contributed by atoms with E-state index in [0.717, 1.165) is 5.56 Å². The second kappa shape index (κ2) is 4.47. The Morgan fingerprint density at radius 3 is 2.85 bits per heavy atom. The van der Waals surface area contributed by atoms with Gasteiger partial charge in [0.1, 0.15) is 7.85 Å². The molecule has 2 radical (unpaired) electrons. The number of methoxy groups -OCH3 is 1. The van der Waals surface area contributed by atoms with Crippen LogP contribution in [0.3, 0.4) is 0 Å². The lowest BCUT2D eigenvalue weighted by Crippen LogP contribution is -2.17. The molecule has 4 heteroatoms. The topological polar surface area (TPSA) is 26.3 Å². The second-order valence-electron chi connectivity index (χ2n) is 2.55. The summed E-state index contributed by atoms with van der Waals surface area (Å²) >= 11 is 3.29. The Morgan fingerprint density at radius 2 is 2.31 bits per heavy atom. The Balaban J connectivity index is 3.11. The average molecular weight is 239 g/mol. The van der Waals surface area contributed by atoms with Crippen molar-refractivity contribution in [1.29, 1.82) is 0 Å². The van der Waals surface area contributed by atoms with Crippen LogP contribution in [-0.4, -0.2) is 20.9 Å². The van der Waals surface area contributed by atoms with Crippen molar-refractivity contribution in [3.8, 4) is 0 Å². The Bertz CT molecular complexity index is 325. The number of hydrogen-bond acceptors (Lipinski definition) is 2. The number of rotatable bonds is 2. The zero-order valence-electron chi connectivity index (χ0n) is 7.21. The molecule has 1 rings (SSSR count). The van der Waals surface area contributed by atoms with Gasteiger partial charge < -0.3 is 4.74 Å². The summed E-state index contributed by atoms with van der Waals surface area (Å²) in [6.07, 6.45) is 0. The first-order valence-electron chi connectivity index (χ1n) is 3.71. The third kappa shape index (κ3) is 2.34. The summed E-state index contributed by atoms with van der Waals surface area (Å²) in [5.41, 5.74) is 1.85. The van der Waals surface area contributed by atoms with Gasteiger partial charge in [-0.25, -0.2) is 4.79 Å². The van der Waals surface area contributed by atoms with E-state index in [1.54, 1.807) is 12.1 Å². The highest BCUT2D eigenvalue weighted by Crippen LogP contribution is 2.07. The standard InChI is InChI=1S/C9H8BBrO2/c1-13-9(12)7-4-6(5-11)2-3-8(7)10/h2-4H,5H2,1H3. The van der Waals surface area contributed by atoms with Gasteiger partial charge >= 0.3 is 5.97 Å². The van der Waals surface area contributed by atoms with Gasteiger partial charge in [-0.15, -0.1) is 0 Å². The fourth-order valence-corrected chi connectivity index (χ4v) is 1.32. The maximum atomic E-state index is 11.2. The zero-order chi connectivity index (χ0) is 9.84. The van der Waals surface area contributed by atoms with E-state index in [9.17, 15) is 4.79 Å². The minimum absolute atomic E-state index is 0.403. The average Bonchev–Trinajstić information content (AvgIpc) is 2.17. The Morgan fingerprint density at radius 1 is 1.62 bits per heavy atom. The van der Waals surface area contributed by atoms with Crippen LogP contribution >= 0.6 is 15.9 Å². The molecule has 0 aliphatic heterocycles. The molecule has 0 aliphatic rings. The minimum Gasteiger partial charge on any atom is -0.465 e. The molecular weight excluding hydrogens is 231 g/mol. The smallest absolute Gasteiger partial charge is 0.337 e. The number of ether oxygens (including phenoxy) is 1. The normalized spacial score (nSPS) is 9.69. The quantitative estimate of drug-likeness (QED) is 0.439. The first-order chi connectivity index (χ1) is 6.19. The molecule has 0 saturated carbocycles. The summed E-state index contributed by atoms with van der Waals surface area (Å²) in [5.74, 6) is -0.403. The van der Waals surface area contributed by atoms with Crippen molar-refractivity contribution in [2.45, 2.75) is 5.33 Å². The van der Waals surface area contributed by atoms with E-state index in [4.69, 9.17) is 7.85 Å². The number of hydrogen-bond donors (Lipinski definition) is 0. The van der Waals surface area contributed by atoms with Gasteiger partial charge in [-0.05, 0) is 11.6 Å². The van der Waals surface area contributed by atoms with Crippen molar-refractivity contribution in [3.63, 3.8) is 0 Å². The molecule has 13 heavy (non-hydrogen) atoms. The summed E-state index contributed by atoms with van der Waals surface area (Å²) < 4.78 is 4.58. The molecule has 0 aliphatic carbocycles. The number of benzene rings is 1. The number of alkyl halides is 1. The Labute approximate surface area is 86.8 Å². The molecule has 0 atom stereocenters. The predicted octanol–water partition coefficient (Wildman–Crippen LogP) is 1.16. The summed E-state index contributed by atoms with van der Waals surface area (Å²) in [5, 5.41) is 0.692. The van der Waals surface area contributed by atoms with Crippen LogP contribution in [0.4, 0.5) is 0 Å². The predicted molar refractivity (Wildman–Crippen MR) is 55.8 cm³/mol. The molecule has 0 amide bonds. The van der Waals surface area contributed by atoms with Crippen molar-refractivity contribution in [2.24, 2.45) is 0 Å². The molecule has 0 saturated heterocycles. The highest BCUT2D eigenvalue weighted by atomic mass is 79.9. The summed E-state index contributed by atoms with van der Waals surface area (Å²) in [4.78, 5) is 11.2. The number of carbonyl (C=O) groups excluding carboxylic acids is 1. The first-order valence-corrected chi connectivity index (χ1v) is 4.84. The lowest BCUT2D eigenvalue weighted by molar-refractivity contribution is 0.0602. The SMILES string of the molecule is [B]c1ccc(CBr)cc1C(=O)OC. The van der Waals surface area contributed by atoms with Gasteiger partial charge in [-0.1, -0.05) is 33.5 Å². The van der Waals surface area contributed by atoms with E-state index < -0.39 is 5.97 Å². The maximum absolute atomic E-state index is 11.2. The van der Waals surface area contributed by atoms with Crippen LogP contribution in [0.25, 0.3) is 0 Å². The van der Waals surface area contributed by atoms with E-state index in [-0.39, 0.29) is 0 Å². The van der Waals surface area contributed by atoms with Gasteiger partial charge in [0, 0.05) is 5.33 Å². The lowest BCUT2D eigenvalue weighted by Gasteiger charge is -2.05. The number of halogens is 1. The van der Waals surface area contributed by atoms with E-state index >= 15 is 0 Å². The van der Waals surface area contributed by atoms with Crippen LogP contribution in [0.15, 0.2) is 18.2 Å². The van der Waals surface area contributed by atoms with Crippen LogP contribution in [0, 0.1) is 0 Å². The highest BCUT2D eigenvalue weighted by Gasteiger charge is 2.08. The third-order valence-electron chi connectivity index (χ3n) is 1.68. The number of esters is 1. The van der Waals surface area contributed by atoms with Gasteiger partial charge in [0.25, 0.3) is 0 Å². The molecule has 66 valence electrons. The van der Waals surface area contributed by atoms with Crippen molar-refractivity contribution in [2.75, 3.05) is 7.11 Å². The van der Waals surface area contributed by atoms with Gasteiger partial charge in [0.05, 0.1) is 12.7 Å². The van der Waals surface area contributed by atoms with Crippen LogP contribution in [-0.2, 0) is 10.1 Å². The Hall–Kier alpha value is -0.765. The molecule has 0 aromatic heterocycles. The van der Waals surface area contributed by atoms with Gasteiger partial charge in [0.15, 0.2) is 0 Å². The summed E-state index contributed by atoms with van der Waals surface area (Å²) in [7, 11) is 6.94. The zero-order valence-corrected chi connectivity index (χ0v) is 8.80. The lowest BCUT2D eigenvalue weighted by atomic mass is 9.89. The summed E-state index contributed by atoms with van der Waals surface area (Å²) in [6, 6.07) is 5.27. The van der Waals surface area contributed by atoms with E-state index in [0.29, 0.717) is 16.4 Å². The monoisotopic (exact) mass is 238 g/mol. The Kier molecular flexibility index (Phi) is 3.54. The van der Waals surface area contributed by atoms with E-state index in [1.165, 1.54) is 7.11 Å². The molecule has 1 aromatic carbocycles. The first kappa shape index (κ1) is 10.3. The maximum Gasteiger partial charge on any atom is 0.337 e. The van der Waals surface area contributed by atoms with E-state index in [1.807, 2.05) is 6.07 Å². The fourth-order valence-electron chi connectivity index (χ4n) is 0.973. The molecule has 1 aromatic rings. The number of carbonyl (C=O) groups is 1. The van der Waals surface area contributed by atoms with Crippen LogP contribution in [0.2, 0.25) is 0 Å². The molecule has 2 nitrogen and oxygen atoms in total. The van der Waals surface area contributed by atoms with Gasteiger partial charge in [-0.2, -0.15) is 0 Å².